The van der Waals surface area contributed by atoms with Gasteiger partial charge in [0, 0.05) is 6.04 Å². The van der Waals surface area contributed by atoms with E-state index in [1.807, 2.05) is 0 Å². The quantitative estimate of drug-likeness (QED) is 0.523. The van der Waals surface area contributed by atoms with E-state index < -0.39 is 0 Å². The molecule has 0 radical (unpaired) electrons. The van der Waals surface area contributed by atoms with Crippen LogP contribution in [0.1, 0.15) is 12.8 Å². The van der Waals surface area contributed by atoms with Gasteiger partial charge in [-0.2, -0.15) is 0 Å². The highest BCUT2D eigenvalue weighted by molar-refractivity contribution is 5.81. The third-order valence-corrected chi connectivity index (χ3v) is 3.17. The van der Waals surface area contributed by atoms with Crippen molar-refractivity contribution in [2.24, 2.45) is 17.4 Å². The molecule has 0 aliphatic carbocycles. The first-order valence-electron chi connectivity index (χ1n) is 4.49. The third-order valence-electron chi connectivity index (χ3n) is 3.17. The Labute approximate surface area is 71.9 Å². The largest absolute Gasteiger partial charge is 0.368 e. The maximum Gasteiger partial charge on any atom is 0.236 e. The third kappa shape index (κ3) is 1.03. The van der Waals surface area contributed by atoms with E-state index >= 15 is 0 Å². The summed E-state index contributed by atoms with van der Waals surface area (Å²) >= 11 is 0. The Balaban J connectivity index is 2.18. The van der Waals surface area contributed by atoms with Gasteiger partial charge in [0.25, 0.3) is 0 Å². The predicted octanol–water partition coefficient (Wildman–Crippen LogP) is -1.11. The van der Waals surface area contributed by atoms with E-state index in [0.29, 0.717) is 5.92 Å². The summed E-state index contributed by atoms with van der Waals surface area (Å²) in [6.07, 6.45) is 2.26. The Morgan fingerprint density at radius 2 is 1.92 bits per heavy atom. The van der Waals surface area contributed by atoms with Gasteiger partial charge in [0.2, 0.25) is 5.91 Å². The van der Waals surface area contributed by atoms with E-state index in [0.717, 1.165) is 25.9 Å². The number of nitrogens with two attached hydrogens (primary N) is 2. The van der Waals surface area contributed by atoms with Crippen LogP contribution in [0, 0.1) is 5.92 Å². The minimum atomic E-state index is -0.257. The molecule has 3 aliphatic rings. The van der Waals surface area contributed by atoms with E-state index in [9.17, 15) is 4.79 Å². The highest BCUT2D eigenvalue weighted by Crippen LogP contribution is 2.30. The van der Waals surface area contributed by atoms with Crippen LogP contribution in [0.2, 0.25) is 0 Å². The van der Waals surface area contributed by atoms with Crippen LogP contribution in [0.15, 0.2) is 0 Å². The summed E-state index contributed by atoms with van der Waals surface area (Å²) in [5, 5.41) is 0. The molecule has 0 spiro atoms. The number of piperidine rings is 3. The average Bonchev–Trinajstić information content (AvgIpc) is 2.05. The van der Waals surface area contributed by atoms with Crippen LogP contribution in [0.3, 0.4) is 0 Å². The van der Waals surface area contributed by atoms with E-state index in [2.05, 4.69) is 4.90 Å². The number of fused-ring (bicyclic) bond motifs is 3. The summed E-state index contributed by atoms with van der Waals surface area (Å²) in [6, 6.07) is -0.220. The van der Waals surface area contributed by atoms with Crippen molar-refractivity contribution in [3.8, 4) is 0 Å². The molecule has 2 atom stereocenters. The van der Waals surface area contributed by atoms with Crippen molar-refractivity contribution in [3.63, 3.8) is 0 Å². The van der Waals surface area contributed by atoms with Crippen LogP contribution in [0.25, 0.3) is 0 Å². The second-order valence-corrected chi connectivity index (χ2v) is 3.80. The van der Waals surface area contributed by atoms with Gasteiger partial charge < -0.3 is 11.5 Å². The Kier molecular flexibility index (Phi) is 1.81. The number of rotatable bonds is 1. The van der Waals surface area contributed by atoms with Crippen molar-refractivity contribution in [1.82, 2.24) is 4.90 Å². The van der Waals surface area contributed by atoms with Gasteiger partial charge in [-0.25, -0.2) is 0 Å². The van der Waals surface area contributed by atoms with Gasteiger partial charge in [0.1, 0.15) is 6.04 Å². The molecular formula is C8H15N3O. The summed E-state index contributed by atoms with van der Waals surface area (Å²) in [5.41, 5.74) is 11.2. The lowest BCUT2D eigenvalue weighted by atomic mass is 9.79. The van der Waals surface area contributed by atoms with Crippen LogP contribution in [0.5, 0.6) is 0 Å². The van der Waals surface area contributed by atoms with E-state index in [1.54, 1.807) is 0 Å². The number of hydrogen-bond donors (Lipinski definition) is 2. The van der Waals surface area contributed by atoms with Crippen molar-refractivity contribution in [3.05, 3.63) is 0 Å². The summed E-state index contributed by atoms with van der Waals surface area (Å²) in [7, 11) is 0. The molecule has 3 fully saturated rings. The fourth-order valence-corrected chi connectivity index (χ4v) is 2.45. The minimum Gasteiger partial charge on any atom is -0.368 e. The lowest BCUT2D eigenvalue weighted by Gasteiger charge is -2.48. The van der Waals surface area contributed by atoms with Gasteiger partial charge in [-0.1, -0.05) is 0 Å². The molecule has 3 rings (SSSR count). The van der Waals surface area contributed by atoms with Crippen LogP contribution in [-0.4, -0.2) is 36.0 Å². The van der Waals surface area contributed by atoms with Crippen LogP contribution >= 0.6 is 0 Å². The van der Waals surface area contributed by atoms with Crippen molar-refractivity contribution < 1.29 is 4.79 Å². The van der Waals surface area contributed by atoms with Gasteiger partial charge in [-0.05, 0) is 31.8 Å². The first-order valence-corrected chi connectivity index (χ1v) is 4.49. The minimum absolute atomic E-state index is 0.0231. The molecule has 0 saturated carbocycles. The Morgan fingerprint density at radius 1 is 1.33 bits per heavy atom. The molecule has 4 nitrogen and oxygen atoms in total. The fourth-order valence-electron chi connectivity index (χ4n) is 2.45. The summed E-state index contributed by atoms with van der Waals surface area (Å²) in [5.74, 6) is 0.263. The smallest absolute Gasteiger partial charge is 0.236 e. The summed E-state index contributed by atoms with van der Waals surface area (Å²) < 4.78 is 0. The molecule has 2 bridgehead atoms. The summed E-state index contributed by atoms with van der Waals surface area (Å²) in [4.78, 5) is 13.2. The normalized spacial score (nSPS) is 46.1. The SMILES string of the molecule is NC(=O)C1C(N)C2CCN1CC2. The van der Waals surface area contributed by atoms with Crippen molar-refractivity contribution in [1.29, 1.82) is 0 Å². The van der Waals surface area contributed by atoms with E-state index in [-0.39, 0.29) is 18.0 Å². The highest BCUT2D eigenvalue weighted by atomic mass is 16.1. The van der Waals surface area contributed by atoms with Gasteiger partial charge in [0.05, 0.1) is 0 Å². The van der Waals surface area contributed by atoms with Gasteiger partial charge in [0.15, 0.2) is 0 Å². The topological polar surface area (TPSA) is 72.3 Å². The maximum absolute atomic E-state index is 11.1. The van der Waals surface area contributed by atoms with Crippen LogP contribution < -0.4 is 11.5 Å². The van der Waals surface area contributed by atoms with Gasteiger partial charge in [-0.3, -0.25) is 9.69 Å². The van der Waals surface area contributed by atoms with Gasteiger partial charge >= 0.3 is 0 Å². The Morgan fingerprint density at radius 3 is 2.25 bits per heavy atom. The van der Waals surface area contributed by atoms with Crippen molar-refractivity contribution in [2.75, 3.05) is 13.1 Å². The Bertz CT molecular complexity index is 196. The first-order chi connectivity index (χ1) is 5.70. The number of carbonyl (C=O) groups excluding carboxylic acids is 1. The number of hydrogen-bond acceptors (Lipinski definition) is 3. The zero-order chi connectivity index (χ0) is 8.72. The van der Waals surface area contributed by atoms with E-state index in [4.69, 9.17) is 11.5 Å². The van der Waals surface area contributed by atoms with Crippen molar-refractivity contribution in [2.45, 2.75) is 24.9 Å². The van der Waals surface area contributed by atoms with Crippen molar-refractivity contribution >= 4 is 5.91 Å². The molecule has 3 aliphatic heterocycles. The maximum atomic E-state index is 11.1. The molecule has 68 valence electrons. The zero-order valence-electron chi connectivity index (χ0n) is 7.07. The number of primary amides is 1. The molecule has 1 amide bonds. The first kappa shape index (κ1) is 8.01. The zero-order valence-corrected chi connectivity index (χ0v) is 7.07. The number of carbonyl (C=O) groups is 1. The monoisotopic (exact) mass is 169 g/mol. The summed E-state index contributed by atoms with van der Waals surface area (Å²) in [6.45, 7) is 1.98. The molecule has 3 saturated heterocycles. The van der Waals surface area contributed by atoms with E-state index in [1.165, 1.54) is 0 Å². The molecule has 0 aromatic rings. The lowest BCUT2D eigenvalue weighted by Crippen LogP contribution is -2.65. The van der Waals surface area contributed by atoms with Crippen LogP contribution in [0.4, 0.5) is 0 Å². The lowest BCUT2D eigenvalue weighted by molar-refractivity contribution is -0.128. The molecule has 3 heterocycles. The molecule has 0 aromatic carbocycles. The number of amides is 1. The molecule has 0 aromatic heterocycles. The second-order valence-electron chi connectivity index (χ2n) is 3.80. The molecule has 4 N–H and O–H groups in total. The molecule has 4 heteroatoms. The second kappa shape index (κ2) is 2.71. The standard InChI is InChI=1S/C8H15N3O/c9-6-5-1-3-11(4-2-5)7(6)8(10)12/h5-7H,1-4,9H2,(H2,10,12). The highest BCUT2D eigenvalue weighted by Gasteiger charge is 2.42. The molecular weight excluding hydrogens is 154 g/mol. The number of nitrogens with zero attached hydrogens (tertiary/aromatic N) is 1. The fraction of sp³-hybridized carbons (Fsp3) is 0.875. The molecule has 12 heavy (non-hydrogen) atoms. The van der Waals surface area contributed by atoms with Gasteiger partial charge in [-0.15, -0.1) is 0 Å². The predicted molar refractivity (Wildman–Crippen MR) is 45.3 cm³/mol. The molecule has 2 unspecified atom stereocenters. The Hall–Kier alpha value is -0.610. The average molecular weight is 169 g/mol. The van der Waals surface area contributed by atoms with Crippen LogP contribution in [-0.2, 0) is 4.79 Å².